The maximum atomic E-state index is 10.7. The van der Waals surface area contributed by atoms with E-state index >= 15 is 0 Å². The van der Waals surface area contributed by atoms with E-state index in [1.54, 1.807) is 0 Å². The minimum absolute atomic E-state index is 0.218. The van der Waals surface area contributed by atoms with Crippen LogP contribution in [0.4, 0.5) is 0 Å². The molecular weight excluding hydrogens is 166 g/mol. The summed E-state index contributed by atoms with van der Waals surface area (Å²) >= 11 is 0. The van der Waals surface area contributed by atoms with Gasteiger partial charge < -0.3 is 10.1 Å². The number of carbonyl (C=O) groups is 1. The highest BCUT2D eigenvalue weighted by molar-refractivity contribution is 5.81. The van der Waals surface area contributed by atoms with Gasteiger partial charge in [-0.15, -0.1) is 0 Å². The topological polar surface area (TPSA) is 38.3 Å². The first-order valence-corrected chi connectivity index (χ1v) is 4.73. The Balaban J connectivity index is 3.34. The van der Waals surface area contributed by atoms with Gasteiger partial charge in [-0.3, -0.25) is 0 Å². The molecule has 1 unspecified atom stereocenters. The zero-order valence-corrected chi connectivity index (χ0v) is 8.51. The van der Waals surface area contributed by atoms with Crippen LogP contribution in [0.3, 0.4) is 0 Å². The molecule has 0 saturated carbocycles. The van der Waals surface area contributed by atoms with Crippen molar-refractivity contribution in [3.8, 4) is 0 Å². The second-order valence-corrected chi connectivity index (χ2v) is 3.04. The lowest BCUT2D eigenvalue weighted by atomic mass is 10.3. The number of esters is 1. The van der Waals surface area contributed by atoms with Crippen molar-refractivity contribution >= 4 is 5.97 Å². The third-order valence-electron chi connectivity index (χ3n) is 1.67. The van der Waals surface area contributed by atoms with Gasteiger partial charge in [-0.1, -0.05) is 19.9 Å². The summed E-state index contributed by atoms with van der Waals surface area (Å²) in [6.45, 7) is 8.84. The Kier molecular flexibility index (Phi) is 7.30. The van der Waals surface area contributed by atoms with Gasteiger partial charge in [-0.25, -0.2) is 4.79 Å². The first-order valence-electron chi connectivity index (χ1n) is 4.73. The van der Waals surface area contributed by atoms with Crippen LogP contribution in [-0.2, 0) is 9.53 Å². The summed E-state index contributed by atoms with van der Waals surface area (Å²) in [5.74, 6) is -0.357. The van der Waals surface area contributed by atoms with Crippen LogP contribution in [0, 0.1) is 0 Å². The number of ether oxygens (including phenoxy) is 1. The van der Waals surface area contributed by atoms with Crippen LogP contribution in [-0.4, -0.2) is 25.2 Å². The average Bonchev–Trinajstić information content (AvgIpc) is 2.14. The molecule has 0 aromatic heterocycles. The molecule has 0 aromatic rings. The Hall–Kier alpha value is -0.830. The first kappa shape index (κ1) is 12.2. The predicted molar refractivity (Wildman–Crippen MR) is 53.5 cm³/mol. The quantitative estimate of drug-likeness (QED) is 0.371. The monoisotopic (exact) mass is 185 g/mol. The van der Waals surface area contributed by atoms with E-state index in [0.717, 1.165) is 13.0 Å². The van der Waals surface area contributed by atoms with Crippen LogP contribution in [0.2, 0.25) is 0 Å². The summed E-state index contributed by atoms with van der Waals surface area (Å²) in [6.07, 6.45) is 3.50. The minimum atomic E-state index is -0.357. The van der Waals surface area contributed by atoms with Gasteiger partial charge in [-0.2, -0.15) is 0 Å². The van der Waals surface area contributed by atoms with E-state index in [1.165, 1.54) is 12.5 Å². The Morgan fingerprint density at radius 2 is 2.38 bits per heavy atom. The van der Waals surface area contributed by atoms with Crippen LogP contribution in [0.1, 0.15) is 26.7 Å². The van der Waals surface area contributed by atoms with Crippen LogP contribution < -0.4 is 5.32 Å². The fraction of sp³-hybridized carbons (Fsp3) is 0.700. The van der Waals surface area contributed by atoms with Gasteiger partial charge in [0.15, 0.2) is 0 Å². The molecule has 3 nitrogen and oxygen atoms in total. The van der Waals surface area contributed by atoms with Crippen molar-refractivity contribution in [3.05, 3.63) is 12.7 Å². The molecular formula is C10H19NO2. The van der Waals surface area contributed by atoms with Crippen molar-refractivity contribution < 1.29 is 9.53 Å². The molecule has 0 aliphatic carbocycles. The molecule has 0 aromatic carbocycles. The van der Waals surface area contributed by atoms with Crippen LogP contribution in [0.25, 0.3) is 0 Å². The van der Waals surface area contributed by atoms with Crippen molar-refractivity contribution in [2.24, 2.45) is 0 Å². The number of hydrogen-bond acceptors (Lipinski definition) is 3. The van der Waals surface area contributed by atoms with Crippen molar-refractivity contribution in [1.29, 1.82) is 0 Å². The van der Waals surface area contributed by atoms with E-state index < -0.39 is 0 Å². The first-order chi connectivity index (χ1) is 6.20. The molecule has 0 bridgehead atoms. The van der Waals surface area contributed by atoms with Crippen LogP contribution in [0.15, 0.2) is 12.7 Å². The van der Waals surface area contributed by atoms with Gasteiger partial charge in [0.05, 0.1) is 0 Å². The number of rotatable bonds is 7. The molecule has 0 amide bonds. The van der Waals surface area contributed by atoms with Crippen LogP contribution in [0.5, 0.6) is 0 Å². The molecule has 0 aliphatic rings. The maximum Gasteiger partial charge on any atom is 0.330 e. The highest BCUT2D eigenvalue weighted by Crippen LogP contribution is 1.89. The summed E-state index contributed by atoms with van der Waals surface area (Å²) in [5, 5.41) is 3.25. The summed E-state index contributed by atoms with van der Waals surface area (Å²) in [5.41, 5.74) is 0. The molecule has 3 heteroatoms. The third-order valence-corrected chi connectivity index (χ3v) is 1.67. The predicted octanol–water partition coefficient (Wildman–Crippen LogP) is 1.49. The third kappa shape index (κ3) is 7.53. The molecule has 0 saturated heterocycles. The summed E-state index contributed by atoms with van der Waals surface area (Å²) in [4.78, 5) is 10.7. The summed E-state index contributed by atoms with van der Waals surface area (Å²) in [6, 6.07) is 0.218. The molecule has 0 aliphatic heterocycles. The molecule has 0 radical (unpaired) electrons. The summed E-state index contributed by atoms with van der Waals surface area (Å²) in [7, 11) is 0. The Morgan fingerprint density at radius 1 is 1.69 bits per heavy atom. The SMILES string of the molecule is C=CC(=O)OCC(C)NCCCC. The highest BCUT2D eigenvalue weighted by Gasteiger charge is 2.02. The lowest BCUT2D eigenvalue weighted by molar-refractivity contribution is -0.138. The van der Waals surface area contributed by atoms with Crippen molar-refractivity contribution in [1.82, 2.24) is 5.32 Å². The van der Waals surface area contributed by atoms with Crippen LogP contribution >= 0.6 is 0 Å². The molecule has 13 heavy (non-hydrogen) atoms. The zero-order chi connectivity index (χ0) is 10.1. The summed E-state index contributed by atoms with van der Waals surface area (Å²) < 4.78 is 4.86. The number of nitrogens with one attached hydrogen (secondary N) is 1. The molecule has 1 N–H and O–H groups in total. The van der Waals surface area contributed by atoms with Crippen molar-refractivity contribution in [2.45, 2.75) is 32.7 Å². The fourth-order valence-corrected chi connectivity index (χ4v) is 0.850. The molecule has 0 spiro atoms. The van der Waals surface area contributed by atoms with E-state index in [9.17, 15) is 4.79 Å². The van der Waals surface area contributed by atoms with E-state index in [4.69, 9.17) is 4.74 Å². The van der Waals surface area contributed by atoms with Gasteiger partial charge in [0.25, 0.3) is 0 Å². The number of carbonyl (C=O) groups excluding carboxylic acids is 1. The second-order valence-electron chi connectivity index (χ2n) is 3.04. The normalized spacial score (nSPS) is 12.2. The Bertz CT molecular complexity index is 157. The number of hydrogen-bond donors (Lipinski definition) is 1. The van der Waals surface area contributed by atoms with E-state index in [1.807, 2.05) is 6.92 Å². The second kappa shape index (κ2) is 7.80. The van der Waals surface area contributed by atoms with E-state index in [-0.39, 0.29) is 12.0 Å². The Morgan fingerprint density at radius 3 is 2.92 bits per heavy atom. The smallest absolute Gasteiger partial charge is 0.330 e. The van der Waals surface area contributed by atoms with Gasteiger partial charge in [0, 0.05) is 12.1 Å². The molecule has 0 fully saturated rings. The minimum Gasteiger partial charge on any atom is -0.461 e. The highest BCUT2D eigenvalue weighted by atomic mass is 16.5. The largest absolute Gasteiger partial charge is 0.461 e. The fourth-order valence-electron chi connectivity index (χ4n) is 0.850. The zero-order valence-electron chi connectivity index (χ0n) is 8.51. The molecule has 1 atom stereocenters. The number of unbranched alkanes of at least 4 members (excludes halogenated alkanes) is 1. The van der Waals surface area contributed by atoms with Crippen molar-refractivity contribution in [3.63, 3.8) is 0 Å². The standard InChI is InChI=1S/C10H19NO2/c1-4-6-7-11-9(3)8-13-10(12)5-2/h5,9,11H,2,4,6-8H2,1,3H3. The Labute approximate surface area is 80.2 Å². The van der Waals surface area contributed by atoms with Gasteiger partial charge in [-0.05, 0) is 19.9 Å². The maximum absolute atomic E-state index is 10.7. The molecule has 0 heterocycles. The molecule has 76 valence electrons. The van der Waals surface area contributed by atoms with Gasteiger partial charge >= 0.3 is 5.97 Å². The van der Waals surface area contributed by atoms with E-state index in [0.29, 0.717) is 6.61 Å². The van der Waals surface area contributed by atoms with E-state index in [2.05, 4.69) is 18.8 Å². The van der Waals surface area contributed by atoms with Crippen molar-refractivity contribution in [2.75, 3.05) is 13.2 Å². The molecule has 0 rings (SSSR count). The lowest BCUT2D eigenvalue weighted by Crippen LogP contribution is -2.32. The van der Waals surface area contributed by atoms with Gasteiger partial charge in [0.1, 0.15) is 6.61 Å². The van der Waals surface area contributed by atoms with Gasteiger partial charge in [0.2, 0.25) is 0 Å². The average molecular weight is 185 g/mol. The lowest BCUT2D eigenvalue weighted by Gasteiger charge is -2.12.